The summed E-state index contributed by atoms with van der Waals surface area (Å²) in [4.78, 5) is 22.1. The molecule has 0 aliphatic rings. The Morgan fingerprint density at radius 2 is 2.24 bits per heavy atom. The lowest BCUT2D eigenvalue weighted by molar-refractivity contribution is -0.384. The number of rotatable bonds is 4. The second kappa shape index (κ2) is 5.88. The van der Waals surface area contributed by atoms with Gasteiger partial charge in [0.2, 0.25) is 0 Å². The van der Waals surface area contributed by atoms with Crippen LogP contribution in [0.15, 0.2) is 17.0 Å². The van der Waals surface area contributed by atoms with E-state index >= 15 is 0 Å². The number of esters is 1. The number of carbonyl (C=O) groups is 1. The van der Waals surface area contributed by atoms with Crippen molar-refractivity contribution in [1.29, 1.82) is 0 Å². The molecule has 1 rings (SSSR count). The average molecular weight is 276 g/mol. The highest BCUT2D eigenvalue weighted by molar-refractivity contribution is 7.98. The Morgan fingerprint density at radius 1 is 1.59 bits per heavy atom. The summed E-state index contributed by atoms with van der Waals surface area (Å²) in [6, 6.07) is 2.61. The molecule has 0 bridgehead atoms. The van der Waals surface area contributed by atoms with Crippen LogP contribution in [-0.2, 0) is 4.74 Å². The van der Waals surface area contributed by atoms with Crippen molar-refractivity contribution in [2.45, 2.75) is 11.8 Å². The van der Waals surface area contributed by atoms with Gasteiger partial charge in [0.1, 0.15) is 5.02 Å². The van der Waals surface area contributed by atoms with E-state index in [0.29, 0.717) is 4.90 Å². The molecule has 0 aromatic heterocycles. The number of hydrogen-bond donors (Lipinski definition) is 0. The van der Waals surface area contributed by atoms with E-state index < -0.39 is 10.9 Å². The number of ether oxygens (including phenoxy) is 1. The van der Waals surface area contributed by atoms with Gasteiger partial charge in [-0.05, 0) is 19.2 Å². The van der Waals surface area contributed by atoms with Gasteiger partial charge in [0.15, 0.2) is 0 Å². The van der Waals surface area contributed by atoms with Gasteiger partial charge in [-0.2, -0.15) is 0 Å². The highest BCUT2D eigenvalue weighted by Crippen LogP contribution is 2.35. The van der Waals surface area contributed by atoms with E-state index in [2.05, 4.69) is 0 Å². The van der Waals surface area contributed by atoms with Gasteiger partial charge in [-0.3, -0.25) is 10.1 Å². The molecule has 1 aromatic rings. The molecule has 0 aliphatic carbocycles. The summed E-state index contributed by atoms with van der Waals surface area (Å²) in [5.41, 5.74) is -0.158. The first-order valence-corrected chi connectivity index (χ1v) is 6.30. The Bertz CT molecular complexity index is 464. The largest absolute Gasteiger partial charge is 0.462 e. The molecule has 0 atom stereocenters. The van der Waals surface area contributed by atoms with E-state index in [0.717, 1.165) is 6.07 Å². The minimum atomic E-state index is -0.620. The van der Waals surface area contributed by atoms with Crippen LogP contribution in [0, 0.1) is 10.1 Å². The minimum absolute atomic E-state index is 0.0375. The molecule has 0 unspecified atom stereocenters. The van der Waals surface area contributed by atoms with Gasteiger partial charge in [0.25, 0.3) is 5.69 Å². The summed E-state index contributed by atoms with van der Waals surface area (Å²) in [6.07, 6.45) is 1.72. The zero-order valence-electron chi connectivity index (χ0n) is 9.23. The third-order valence-electron chi connectivity index (χ3n) is 1.95. The molecule has 0 amide bonds. The molecular formula is C10H10ClNO4S. The first kappa shape index (κ1) is 13.8. The quantitative estimate of drug-likeness (QED) is 0.365. The summed E-state index contributed by atoms with van der Waals surface area (Å²) in [7, 11) is 0. The van der Waals surface area contributed by atoms with Gasteiger partial charge in [0.05, 0.1) is 17.1 Å². The summed E-state index contributed by atoms with van der Waals surface area (Å²) < 4.78 is 4.79. The average Bonchev–Trinajstić information content (AvgIpc) is 2.29. The van der Waals surface area contributed by atoms with E-state index in [1.165, 1.54) is 17.8 Å². The maximum atomic E-state index is 11.5. The zero-order chi connectivity index (χ0) is 13.0. The first-order chi connectivity index (χ1) is 8.01. The molecule has 17 heavy (non-hydrogen) atoms. The summed E-state index contributed by atoms with van der Waals surface area (Å²) in [6.45, 7) is 1.88. The maximum Gasteiger partial charge on any atom is 0.338 e. The number of nitro benzene ring substituents is 1. The van der Waals surface area contributed by atoms with E-state index in [4.69, 9.17) is 16.3 Å². The number of thioether (sulfide) groups is 1. The second-order valence-electron chi connectivity index (χ2n) is 2.99. The fourth-order valence-corrected chi connectivity index (χ4v) is 2.13. The molecule has 0 fully saturated rings. The fourth-order valence-electron chi connectivity index (χ4n) is 1.20. The molecule has 92 valence electrons. The Hall–Kier alpha value is -1.27. The first-order valence-electron chi connectivity index (χ1n) is 4.70. The summed E-state index contributed by atoms with van der Waals surface area (Å²) in [5, 5.41) is 10.8. The normalized spacial score (nSPS) is 10.1. The maximum absolute atomic E-state index is 11.5. The van der Waals surface area contributed by atoms with Crippen molar-refractivity contribution in [1.82, 2.24) is 0 Å². The van der Waals surface area contributed by atoms with Gasteiger partial charge in [-0.15, -0.1) is 11.8 Å². The molecule has 0 N–H and O–H groups in total. The highest BCUT2D eigenvalue weighted by atomic mass is 35.5. The number of hydrogen-bond acceptors (Lipinski definition) is 5. The van der Waals surface area contributed by atoms with Gasteiger partial charge in [-0.25, -0.2) is 4.79 Å². The topological polar surface area (TPSA) is 69.4 Å². The molecule has 0 heterocycles. The van der Waals surface area contributed by atoms with Crippen LogP contribution in [-0.4, -0.2) is 23.8 Å². The number of halogens is 1. The lowest BCUT2D eigenvalue weighted by Crippen LogP contribution is -2.06. The van der Waals surface area contributed by atoms with Gasteiger partial charge < -0.3 is 4.74 Å². The Balaban J connectivity index is 3.29. The van der Waals surface area contributed by atoms with Crippen LogP contribution in [0.1, 0.15) is 17.3 Å². The molecule has 0 spiro atoms. The second-order valence-corrected chi connectivity index (χ2v) is 4.22. The smallest absolute Gasteiger partial charge is 0.338 e. The van der Waals surface area contributed by atoms with Gasteiger partial charge in [-0.1, -0.05) is 11.6 Å². The lowest BCUT2D eigenvalue weighted by Gasteiger charge is -2.06. The monoisotopic (exact) mass is 275 g/mol. The van der Waals surface area contributed by atoms with E-state index in [1.807, 2.05) is 0 Å². The Labute approximate surface area is 107 Å². The summed E-state index contributed by atoms with van der Waals surface area (Å²) in [5.74, 6) is -0.595. The molecule has 7 heteroatoms. The molecule has 0 saturated carbocycles. The van der Waals surface area contributed by atoms with Crippen LogP contribution in [0.2, 0.25) is 5.02 Å². The van der Waals surface area contributed by atoms with Crippen LogP contribution >= 0.6 is 23.4 Å². The van der Waals surface area contributed by atoms with E-state index in [9.17, 15) is 14.9 Å². The van der Waals surface area contributed by atoms with Crippen LogP contribution in [0.4, 0.5) is 5.69 Å². The van der Waals surface area contributed by atoms with Gasteiger partial charge >= 0.3 is 5.97 Å². The number of nitrogens with zero attached hydrogens (tertiary/aromatic N) is 1. The predicted octanol–water partition coefficient (Wildman–Crippen LogP) is 3.15. The molecule has 0 saturated heterocycles. The van der Waals surface area contributed by atoms with Crippen molar-refractivity contribution in [3.05, 3.63) is 32.8 Å². The number of carbonyl (C=O) groups excluding carboxylic acids is 1. The van der Waals surface area contributed by atoms with Gasteiger partial charge in [0, 0.05) is 11.0 Å². The lowest BCUT2D eigenvalue weighted by atomic mass is 10.2. The molecule has 1 aromatic carbocycles. The minimum Gasteiger partial charge on any atom is -0.462 e. The summed E-state index contributed by atoms with van der Waals surface area (Å²) >= 11 is 7.08. The van der Waals surface area contributed by atoms with Crippen LogP contribution in [0.5, 0.6) is 0 Å². The van der Waals surface area contributed by atoms with Crippen LogP contribution in [0.25, 0.3) is 0 Å². The molecule has 0 aliphatic heterocycles. The highest BCUT2D eigenvalue weighted by Gasteiger charge is 2.21. The SMILES string of the molecule is CCOC(=O)c1cc(SC)c(Cl)c([N+](=O)[O-])c1. The molecule has 5 nitrogen and oxygen atoms in total. The van der Waals surface area contributed by atoms with Crippen molar-refractivity contribution in [3.63, 3.8) is 0 Å². The Morgan fingerprint density at radius 3 is 2.71 bits per heavy atom. The predicted molar refractivity (Wildman–Crippen MR) is 65.8 cm³/mol. The zero-order valence-corrected chi connectivity index (χ0v) is 10.8. The van der Waals surface area contributed by atoms with Crippen molar-refractivity contribution < 1.29 is 14.5 Å². The Kier molecular flexibility index (Phi) is 4.77. The third kappa shape index (κ3) is 3.10. The fraction of sp³-hybridized carbons (Fsp3) is 0.300. The van der Waals surface area contributed by atoms with Crippen LogP contribution in [0.3, 0.4) is 0 Å². The molecular weight excluding hydrogens is 266 g/mol. The van der Waals surface area contributed by atoms with Crippen LogP contribution < -0.4 is 0 Å². The van der Waals surface area contributed by atoms with E-state index in [1.54, 1.807) is 13.2 Å². The van der Waals surface area contributed by atoms with Crippen molar-refractivity contribution in [3.8, 4) is 0 Å². The van der Waals surface area contributed by atoms with E-state index in [-0.39, 0.29) is 22.9 Å². The third-order valence-corrected chi connectivity index (χ3v) is 3.22. The standard InChI is InChI=1S/C10H10ClNO4S/c1-3-16-10(13)6-4-7(12(14)15)9(11)8(5-6)17-2/h4-5H,3H2,1-2H3. The molecule has 0 radical (unpaired) electrons. The number of benzene rings is 1. The van der Waals surface area contributed by atoms with Crippen molar-refractivity contribution >= 4 is 35.0 Å². The van der Waals surface area contributed by atoms with Crippen molar-refractivity contribution in [2.24, 2.45) is 0 Å². The van der Waals surface area contributed by atoms with Crippen molar-refractivity contribution in [2.75, 3.05) is 12.9 Å². The number of nitro groups is 1.